The highest BCUT2D eigenvalue weighted by Gasteiger charge is 2.34. The van der Waals surface area contributed by atoms with E-state index < -0.39 is 0 Å². The number of nitrogens with one attached hydrogen (secondary N) is 1. The van der Waals surface area contributed by atoms with Crippen molar-refractivity contribution in [1.82, 2.24) is 5.32 Å². The molecule has 0 amide bonds. The number of hydrogen-bond acceptors (Lipinski definition) is 2. The zero-order chi connectivity index (χ0) is 8.55. The Balaban J connectivity index is 1.99. The maximum Gasteiger partial charge on any atom is 0.0113 e. The first kappa shape index (κ1) is 8.52. The van der Waals surface area contributed by atoms with Crippen LogP contribution in [-0.2, 0) is 0 Å². The fraction of sp³-hybridized carbons (Fsp3) is 1.00. The summed E-state index contributed by atoms with van der Waals surface area (Å²) in [5.41, 5.74) is 6.09. The van der Waals surface area contributed by atoms with Crippen LogP contribution in [0.2, 0.25) is 0 Å². The van der Waals surface area contributed by atoms with Gasteiger partial charge in [0.05, 0.1) is 0 Å². The van der Waals surface area contributed by atoms with Crippen molar-refractivity contribution < 1.29 is 0 Å². The van der Waals surface area contributed by atoms with Crippen molar-refractivity contribution in [3.63, 3.8) is 0 Å². The van der Waals surface area contributed by atoms with Crippen LogP contribution in [0.15, 0.2) is 0 Å². The van der Waals surface area contributed by atoms with Crippen molar-refractivity contribution in [3.05, 3.63) is 0 Å². The summed E-state index contributed by atoms with van der Waals surface area (Å²) >= 11 is 0. The lowest BCUT2D eigenvalue weighted by Crippen LogP contribution is -2.54. The fourth-order valence-corrected chi connectivity index (χ4v) is 2.81. The molecule has 3 N–H and O–H groups in total. The molecule has 2 fully saturated rings. The lowest BCUT2D eigenvalue weighted by molar-refractivity contribution is 0.160. The highest BCUT2D eigenvalue weighted by atomic mass is 15.0. The van der Waals surface area contributed by atoms with Crippen molar-refractivity contribution in [1.29, 1.82) is 0 Å². The van der Waals surface area contributed by atoms with E-state index in [1.54, 1.807) is 0 Å². The Kier molecular flexibility index (Phi) is 2.37. The first-order chi connectivity index (χ1) is 5.77. The number of piperidine rings is 1. The van der Waals surface area contributed by atoms with Crippen LogP contribution in [0.4, 0.5) is 0 Å². The Morgan fingerprint density at radius 2 is 2.00 bits per heavy atom. The minimum atomic E-state index is 0.476. The van der Waals surface area contributed by atoms with Gasteiger partial charge in [-0.15, -0.1) is 0 Å². The molecule has 2 rings (SSSR count). The average molecular weight is 168 g/mol. The van der Waals surface area contributed by atoms with Gasteiger partial charge in [0.1, 0.15) is 0 Å². The maximum absolute atomic E-state index is 6.09. The summed E-state index contributed by atoms with van der Waals surface area (Å²) in [6.45, 7) is 2.29. The van der Waals surface area contributed by atoms with Gasteiger partial charge in [0.25, 0.3) is 0 Å². The first-order valence-electron chi connectivity index (χ1n) is 5.29. The van der Waals surface area contributed by atoms with Gasteiger partial charge in [-0.25, -0.2) is 0 Å². The van der Waals surface area contributed by atoms with Gasteiger partial charge in [-0.3, -0.25) is 0 Å². The molecule has 2 aliphatic rings. The monoisotopic (exact) mass is 168 g/mol. The number of rotatable bonds is 0. The highest BCUT2D eigenvalue weighted by molar-refractivity contribution is 4.93. The molecule has 2 heteroatoms. The minimum Gasteiger partial charge on any atom is -0.327 e. The van der Waals surface area contributed by atoms with E-state index >= 15 is 0 Å². The molecule has 0 aromatic rings. The molecule has 1 heterocycles. The second-order valence-corrected chi connectivity index (χ2v) is 4.51. The van der Waals surface area contributed by atoms with Crippen LogP contribution >= 0.6 is 0 Å². The molecule has 1 saturated heterocycles. The summed E-state index contributed by atoms with van der Waals surface area (Å²) in [4.78, 5) is 0. The molecule has 0 spiro atoms. The maximum atomic E-state index is 6.09. The molecule has 1 aliphatic heterocycles. The normalized spacial score (nSPS) is 48.5. The predicted molar refractivity (Wildman–Crippen MR) is 50.9 cm³/mol. The molecule has 4 atom stereocenters. The van der Waals surface area contributed by atoms with Crippen LogP contribution in [-0.4, -0.2) is 18.1 Å². The van der Waals surface area contributed by atoms with Crippen LogP contribution in [0.3, 0.4) is 0 Å². The van der Waals surface area contributed by atoms with Crippen molar-refractivity contribution >= 4 is 0 Å². The lowest BCUT2D eigenvalue weighted by Gasteiger charge is -2.42. The van der Waals surface area contributed by atoms with Gasteiger partial charge in [-0.05, 0) is 38.5 Å². The quantitative estimate of drug-likeness (QED) is 0.571. The standard InChI is InChI=1S/C10H20N2/c1-7-5-6-8-9(11)3-2-4-10(8)12-7/h7-10,12H,2-6,11H2,1H3. The molecule has 0 aromatic heterocycles. The van der Waals surface area contributed by atoms with E-state index in [2.05, 4.69) is 12.2 Å². The second kappa shape index (κ2) is 3.35. The number of nitrogens with two attached hydrogens (primary N) is 1. The summed E-state index contributed by atoms with van der Waals surface area (Å²) in [5, 5.41) is 3.67. The molecule has 1 saturated carbocycles. The highest BCUT2D eigenvalue weighted by Crippen LogP contribution is 2.31. The average Bonchev–Trinajstić information content (AvgIpc) is 2.04. The smallest absolute Gasteiger partial charge is 0.0113 e. The largest absolute Gasteiger partial charge is 0.327 e. The van der Waals surface area contributed by atoms with Gasteiger partial charge >= 0.3 is 0 Å². The Labute approximate surface area is 74.9 Å². The van der Waals surface area contributed by atoms with Gasteiger partial charge in [0.15, 0.2) is 0 Å². The Hall–Kier alpha value is -0.0800. The zero-order valence-electron chi connectivity index (χ0n) is 7.92. The van der Waals surface area contributed by atoms with Crippen molar-refractivity contribution in [2.24, 2.45) is 11.7 Å². The molecule has 0 radical (unpaired) electrons. The van der Waals surface area contributed by atoms with E-state index in [9.17, 15) is 0 Å². The summed E-state index contributed by atoms with van der Waals surface area (Å²) in [6, 6.07) is 1.93. The van der Waals surface area contributed by atoms with Crippen LogP contribution in [0, 0.1) is 5.92 Å². The molecule has 12 heavy (non-hydrogen) atoms. The van der Waals surface area contributed by atoms with E-state index in [0.717, 1.165) is 18.0 Å². The molecular weight excluding hydrogens is 148 g/mol. The van der Waals surface area contributed by atoms with E-state index in [-0.39, 0.29) is 0 Å². The Morgan fingerprint density at radius 1 is 1.17 bits per heavy atom. The third-order valence-electron chi connectivity index (χ3n) is 3.55. The summed E-state index contributed by atoms with van der Waals surface area (Å²) in [7, 11) is 0. The molecule has 0 aromatic carbocycles. The van der Waals surface area contributed by atoms with Gasteiger partial charge in [0, 0.05) is 18.1 Å². The van der Waals surface area contributed by atoms with Crippen molar-refractivity contribution in [2.75, 3.05) is 0 Å². The van der Waals surface area contributed by atoms with Gasteiger partial charge in [-0.1, -0.05) is 6.42 Å². The van der Waals surface area contributed by atoms with Gasteiger partial charge in [0.2, 0.25) is 0 Å². The minimum absolute atomic E-state index is 0.476. The molecule has 2 nitrogen and oxygen atoms in total. The van der Waals surface area contributed by atoms with Gasteiger partial charge < -0.3 is 11.1 Å². The molecule has 70 valence electrons. The van der Waals surface area contributed by atoms with Crippen LogP contribution in [0.25, 0.3) is 0 Å². The topological polar surface area (TPSA) is 38.0 Å². The summed E-state index contributed by atoms with van der Waals surface area (Å²) in [6.07, 6.45) is 6.58. The molecule has 0 bridgehead atoms. The molecular formula is C10H20N2. The van der Waals surface area contributed by atoms with E-state index in [1.165, 1.54) is 32.1 Å². The number of hydrogen-bond donors (Lipinski definition) is 2. The molecule has 4 unspecified atom stereocenters. The van der Waals surface area contributed by atoms with Crippen LogP contribution < -0.4 is 11.1 Å². The Bertz CT molecular complexity index is 158. The van der Waals surface area contributed by atoms with Gasteiger partial charge in [-0.2, -0.15) is 0 Å². The fourth-order valence-electron chi connectivity index (χ4n) is 2.81. The van der Waals surface area contributed by atoms with Crippen LogP contribution in [0.1, 0.15) is 39.0 Å². The SMILES string of the molecule is CC1CCC2C(N)CCCC2N1. The predicted octanol–water partition coefficient (Wildman–Crippen LogP) is 1.25. The summed E-state index contributed by atoms with van der Waals surface area (Å²) < 4.78 is 0. The van der Waals surface area contributed by atoms with Crippen molar-refractivity contribution in [2.45, 2.75) is 57.2 Å². The Morgan fingerprint density at radius 3 is 2.83 bits per heavy atom. The summed E-state index contributed by atoms with van der Waals surface area (Å²) in [5.74, 6) is 0.773. The zero-order valence-corrected chi connectivity index (χ0v) is 7.92. The van der Waals surface area contributed by atoms with Crippen molar-refractivity contribution in [3.8, 4) is 0 Å². The van der Waals surface area contributed by atoms with E-state index in [1.807, 2.05) is 0 Å². The van der Waals surface area contributed by atoms with Crippen LogP contribution in [0.5, 0.6) is 0 Å². The first-order valence-corrected chi connectivity index (χ1v) is 5.29. The second-order valence-electron chi connectivity index (χ2n) is 4.51. The van der Waals surface area contributed by atoms with E-state index in [4.69, 9.17) is 5.73 Å². The molecule has 1 aliphatic carbocycles. The third-order valence-corrected chi connectivity index (χ3v) is 3.55. The number of fused-ring (bicyclic) bond motifs is 1. The third kappa shape index (κ3) is 1.50. The van der Waals surface area contributed by atoms with E-state index in [0.29, 0.717) is 6.04 Å². The lowest BCUT2D eigenvalue weighted by atomic mass is 9.75.